The molecule has 1 aromatic heterocycles. The van der Waals surface area contributed by atoms with E-state index in [9.17, 15) is 19.1 Å². The zero-order valence-electron chi connectivity index (χ0n) is 13.9. The van der Waals surface area contributed by atoms with Gasteiger partial charge in [0.15, 0.2) is 0 Å². The molecule has 132 valence electrons. The number of hydrogen-bond donors (Lipinski definition) is 0. The molecule has 2 rings (SSSR count). The van der Waals surface area contributed by atoms with Crippen molar-refractivity contribution in [2.24, 2.45) is 5.92 Å². The van der Waals surface area contributed by atoms with Gasteiger partial charge in [-0.05, 0) is 39.2 Å². The van der Waals surface area contributed by atoms with Gasteiger partial charge in [-0.15, -0.1) is 0 Å². The lowest BCUT2D eigenvalue weighted by Crippen LogP contribution is -2.35. The number of carbonyl (C=O) groups excluding carboxylic acids is 1. The zero-order chi connectivity index (χ0) is 17.9. The lowest BCUT2D eigenvalue weighted by Gasteiger charge is -2.24. The van der Waals surface area contributed by atoms with Crippen LogP contribution in [0.15, 0.2) is 23.4 Å². The maximum atomic E-state index is 12.3. The molecule has 1 fully saturated rings. The molecular weight excluding hydrogens is 334 g/mol. The summed E-state index contributed by atoms with van der Waals surface area (Å²) in [4.78, 5) is 27.6. The van der Waals surface area contributed by atoms with E-state index in [-0.39, 0.29) is 17.7 Å². The van der Waals surface area contributed by atoms with Crippen LogP contribution in [-0.2, 0) is 15.5 Å². The molecule has 0 saturated carbocycles. The lowest BCUT2D eigenvalue weighted by molar-refractivity contribution is -0.385. The normalized spacial score (nSPS) is 19.1. The molecule has 1 aromatic rings. The molecule has 9 heteroatoms. The number of carbonyl (C=O) groups is 1. The van der Waals surface area contributed by atoms with Crippen molar-refractivity contribution in [2.45, 2.75) is 37.8 Å². The number of hydrogen-bond acceptors (Lipinski definition) is 6. The third kappa shape index (κ3) is 4.98. The van der Waals surface area contributed by atoms with Gasteiger partial charge in [-0.25, -0.2) is 9.78 Å². The molecule has 1 aliphatic rings. The van der Waals surface area contributed by atoms with Crippen LogP contribution >= 0.6 is 0 Å². The van der Waals surface area contributed by atoms with Crippen molar-refractivity contribution in [1.29, 1.82) is 0 Å². The number of pyridine rings is 1. The van der Waals surface area contributed by atoms with Gasteiger partial charge in [0.25, 0.3) is 5.69 Å². The van der Waals surface area contributed by atoms with Gasteiger partial charge in [0.2, 0.25) is 0 Å². The highest BCUT2D eigenvalue weighted by atomic mass is 32.2. The summed E-state index contributed by atoms with van der Waals surface area (Å²) >= 11 is 0. The maximum absolute atomic E-state index is 12.3. The number of aromatic nitrogens is 1. The molecule has 8 nitrogen and oxygen atoms in total. The molecule has 0 radical (unpaired) electrons. The molecule has 24 heavy (non-hydrogen) atoms. The summed E-state index contributed by atoms with van der Waals surface area (Å²) in [5, 5.41) is 10.9. The van der Waals surface area contributed by atoms with Gasteiger partial charge in [-0.1, -0.05) is 0 Å². The molecule has 0 bridgehead atoms. The van der Waals surface area contributed by atoms with Crippen LogP contribution in [0.5, 0.6) is 0 Å². The average molecular weight is 355 g/mol. The fraction of sp³-hybridized carbons (Fsp3) is 0.600. The van der Waals surface area contributed by atoms with E-state index in [1.54, 1.807) is 4.90 Å². The average Bonchev–Trinajstić information content (AvgIpc) is 2.94. The van der Waals surface area contributed by atoms with E-state index in [1.165, 1.54) is 12.1 Å². The minimum Gasteiger partial charge on any atom is -0.444 e. The molecule has 2 atom stereocenters. The van der Waals surface area contributed by atoms with Crippen LogP contribution in [0.25, 0.3) is 0 Å². The molecule has 1 saturated heterocycles. The number of amides is 1. The molecule has 1 amide bonds. The van der Waals surface area contributed by atoms with Crippen LogP contribution in [0.1, 0.15) is 27.2 Å². The van der Waals surface area contributed by atoms with Crippen molar-refractivity contribution in [3.8, 4) is 0 Å². The summed E-state index contributed by atoms with van der Waals surface area (Å²) in [6.07, 6.45) is 1.50. The number of nitro groups is 1. The van der Waals surface area contributed by atoms with E-state index < -0.39 is 21.3 Å². The van der Waals surface area contributed by atoms with E-state index in [1.807, 2.05) is 20.8 Å². The van der Waals surface area contributed by atoms with Crippen molar-refractivity contribution < 1.29 is 18.7 Å². The number of ether oxygens (including phenoxy) is 1. The quantitative estimate of drug-likeness (QED) is 0.607. The van der Waals surface area contributed by atoms with E-state index in [2.05, 4.69) is 4.98 Å². The summed E-state index contributed by atoms with van der Waals surface area (Å²) < 4.78 is 17.7. The highest BCUT2D eigenvalue weighted by Crippen LogP contribution is 2.22. The van der Waals surface area contributed by atoms with Gasteiger partial charge in [0.1, 0.15) is 16.8 Å². The summed E-state index contributed by atoms with van der Waals surface area (Å²) in [5.41, 5.74) is -0.673. The number of likely N-dealkylation sites (tertiary alicyclic amines) is 1. The van der Waals surface area contributed by atoms with E-state index in [0.29, 0.717) is 23.9 Å². The molecule has 0 N–H and O–H groups in total. The second-order valence-electron chi connectivity index (χ2n) is 6.70. The van der Waals surface area contributed by atoms with Crippen LogP contribution in [-0.4, -0.2) is 49.6 Å². The van der Waals surface area contributed by atoms with Crippen LogP contribution < -0.4 is 0 Å². The van der Waals surface area contributed by atoms with Crippen molar-refractivity contribution in [1.82, 2.24) is 9.88 Å². The fourth-order valence-corrected chi connectivity index (χ4v) is 3.64. The Morgan fingerprint density at radius 1 is 1.50 bits per heavy atom. The van der Waals surface area contributed by atoms with Crippen LogP contribution in [0.3, 0.4) is 0 Å². The second kappa shape index (κ2) is 7.25. The Bertz CT molecular complexity index is 642. The fourth-order valence-electron chi connectivity index (χ4n) is 2.38. The van der Waals surface area contributed by atoms with Gasteiger partial charge in [-0.2, -0.15) is 0 Å². The topological polar surface area (TPSA) is 103 Å². The summed E-state index contributed by atoms with van der Waals surface area (Å²) in [7, 11) is -1.35. The standard InChI is InChI=1S/C15H21N3O5S/c1-15(2,3)23-14(19)17-7-6-11(9-17)10-24(22)13-5-4-12(8-16-13)18(20)21/h4-5,8,11H,6-7,9-10H2,1-3H3. The molecule has 1 aliphatic heterocycles. The minimum absolute atomic E-state index is 0.0929. The lowest BCUT2D eigenvalue weighted by atomic mass is 10.2. The van der Waals surface area contributed by atoms with Crippen molar-refractivity contribution in [2.75, 3.05) is 18.8 Å². The van der Waals surface area contributed by atoms with Crippen molar-refractivity contribution in [3.63, 3.8) is 0 Å². The third-order valence-electron chi connectivity index (χ3n) is 3.49. The largest absolute Gasteiger partial charge is 0.444 e. The summed E-state index contributed by atoms with van der Waals surface area (Å²) in [6, 6.07) is 2.71. The molecule has 0 aliphatic carbocycles. The van der Waals surface area contributed by atoms with Crippen LogP contribution in [0.2, 0.25) is 0 Å². The first-order chi connectivity index (χ1) is 11.2. The van der Waals surface area contributed by atoms with Gasteiger partial charge in [0.05, 0.1) is 15.7 Å². The van der Waals surface area contributed by atoms with E-state index in [4.69, 9.17) is 4.74 Å². The zero-order valence-corrected chi connectivity index (χ0v) is 14.7. The smallest absolute Gasteiger partial charge is 0.410 e. The van der Waals surface area contributed by atoms with Crippen molar-refractivity contribution >= 4 is 22.6 Å². The summed E-state index contributed by atoms with van der Waals surface area (Å²) in [6.45, 7) is 6.51. The first-order valence-corrected chi connectivity index (χ1v) is 8.94. The maximum Gasteiger partial charge on any atom is 0.410 e. The van der Waals surface area contributed by atoms with Crippen LogP contribution in [0, 0.1) is 16.0 Å². The van der Waals surface area contributed by atoms with Gasteiger partial charge < -0.3 is 9.64 Å². The molecular formula is C15H21N3O5S. The number of rotatable bonds is 4. The molecule has 2 heterocycles. The first-order valence-electron chi connectivity index (χ1n) is 7.62. The molecule has 2 unspecified atom stereocenters. The van der Waals surface area contributed by atoms with E-state index >= 15 is 0 Å². The van der Waals surface area contributed by atoms with E-state index in [0.717, 1.165) is 12.6 Å². The second-order valence-corrected chi connectivity index (χ2v) is 8.15. The Balaban J connectivity index is 1.89. The Morgan fingerprint density at radius 3 is 2.75 bits per heavy atom. The predicted octanol–water partition coefficient (Wildman–Crippen LogP) is 2.35. The Labute approximate surface area is 142 Å². The van der Waals surface area contributed by atoms with Gasteiger partial charge in [0, 0.05) is 24.9 Å². The Hall–Kier alpha value is -2.03. The molecule has 0 aromatic carbocycles. The number of nitrogens with zero attached hydrogens (tertiary/aromatic N) is 3. The highest BCUT2D eigenvalue weighted by molar-refractivity contribution is 7.84. The Morgan fingerprint density at radius 2 is 2.21 bits per heavy atom. The van der Waals surface area contributed by atoms with Gasteiger partial charge >= 0.3 is 6.09 Å². The summed E-state index contributed by atoms with van der Waals surface area (Å²) in [5.74, 6) is 0.458. The van der Waals surface area contributed by atoms with Crippen LogP contribution in [0.4, 0.5) is 10.5 Å². The SMILES string of the molecule is CC(C)(C)OC(=O)N1CCC(CS(=O)c2ccc([N+](=O)[O-])cn2)C1. The monoisotopic (exact) mass is 355 g/mol. The van der Waals surface area contributed by atoms with Gasteiger partial charge in [-0.3, -0.25) is 14.3 Å². The van der Waals surface area contributed by atoms with Crippen molar-refractivity contribution in [3.05, 3.63) is 28.4 Å². The first kappa shape index (κ1) is 18.3. The predicted molar refractivity (Wildman–Crippen MR) is 88.1 cm³/mol. The minimum atomic E-state index is -1.35. The Kier molecular flexibility index (Phi) is 5.53. The highest BCUT2D eigenvalue weighted by Gasteiger charge is 2.31. The third-order valence-corrected chi connectivity index (χ3v) is 4.97. The molecule has 0 spiro atoms.